The molecule has 0 spiro atoms. The number of ether oxygens (including phenoxy) is 1. The highest BCUT2D eigenvalue weighted by Crippen LogP contribution is 2.29. The Balaban J connectivity index is 2.05. The van der Waals surface area contributed by atoms with Crippen LogP contribution in [0, 0.1) is 5.92 Å². The molecular formula is C10H13N5O3. The van der Waals surface area contributed by atoms with E-state index >= 15 is 0 Å². The summed E-state index contributed by atoms with van der Waals surface area (Å²) in [4.78, 5) is 22.1. The highest BCUT2D eigenvalue weighted by atomic mass is 16.5. The zero-order valence-corrected chi connectivity index (χ0v) is 9.54. The Hall–Kier alpha value is -1.93. The van der Waals surface area contributed by atoms with Crippen molar-refractivity contribution in [2.75, 3.05) is 18.9 Å². The predicted octanol–water partition coefficient (Wildman–Crippen LogP) is -0.771. The van der Waals surface area contributed by atoms with Crippen molar-refractivity contribution in [2.45, 2.75) is 12.6 Å². The fourth-order valence-corrected chi connectivity index (χ4v) is 2.14. The monoisotopic (exact) mass is 251 g/mol. The zero-order chi connectivity index (χ0) is 12.7. The molecule has 1 aliphatic rings. The first-order valence-corrected chi connectivity index (χ1v) is 5.64. The summed E-state index contributed by atoms with van der Waals surface area (Å²) in [7, 11) is 0. The second-order valence-electron chi connectivity index (χ2n) is 4.35. The van der Waals surface area contributed by atoms with Gasteiger partial charge >= 0.3 is 0 Å². The number of hydrogen-bond acceptors (Lipinski definition) is 6. The Morgan fingerprint density at radius 3 is 3.22 bits per heavy atom. The molecule has 1 fully saturated rings. The number of aromatic amines is 1. The fourth-order valence-electron chi connectivity index (χ4n) is 2.14. The number of fused-ring (bicyclic) bond motifs is 1. The predicted molar refractivity (Wildman–Crippen MR) is 62.7 cm³/mol. The maximum Gasteiger partial charge on any atom is 0.280 e. The van der Waals surface area contributed by atoms with Crippen LogP contribution in [0.1, 0.15) is 12.6 Å². The van der Waals surface area contributed by atoms with Gasteiger partial charge in [0.05, 0.1) is 12.9 Å². The Bertz CT molecular complexity index is 634. The lowest BCUT2D eigenvalue weighted by molar-refractivity contribution is 0.0551. The molecule has 3 heterocycles. The van der Waals surface area contributed by atoms with Gasteiger partial charge in [0.15, 0.2) is 11.2 Å². The molecule has 0 amide bonds. The highest BCUT2D eigenvalue weighted by molar-refractivity contribution is 5.70. The number of H-pyrrole nitrogens is 1. The van der Waals surface area contributed by atoms with Crippen LogP contribution in [0.15, 0.2) is 11.1 Å². The summed E-state index contributed by atoms with van der Waals surface area (Å²) in [6.45, 7) is 0.568. The van der Waals surface area contributed by atoms with E-state index in [2.05, 4.69) is 15.0 Å². The molecule has 0 aliphatic carbocycles. The number of hydrogen-bond donors (Lipinski definition) is 3. The summed E-state index contributed by atoms with van der Waals surface area (Å²) < 4.78 is 7.24. The second-order valence-corrected chi connectivity index (χ2v) is 4.35. The number of nitrogens with two attached hydrogens (primary N) is 1. The number of nitrogens with one attached hydrogen (secondary N) is 1. The SMILES string of the molecule is Nc1nc2c(ncn2[C@H]2C[C@@H](CO)CO2)c(=O)[nH]1. The lowest BCUT2D eigenvalue weighted by Gasteiger charge is -2.11. The third kappa shape index (κ3) is 1.66. The summed E-state index contributed by atoms with van der Waals surface area (Å²) in [5.74, 6) is 0.151. The van der Waals surface area contributed by atoms with E-state index in [1.165, 1.54) is 6.33 Å². The third-order valence-corrected chi connectivity index (χ3v) is 3.08. The van der Waals surface area contributed by atoms with Crippen LogP contribution in [0.4, 0.5) is 5.95 Å². The number of anilines is 1. The van der Waals surface area contributed by atoms with Gasteiger partial charge in [-0.1, -0.05) is 0 Å². The molecule has 0 unspecified atom stereocenters. The lowest BCUT2D eigenvalue weighted by atomic mass is 10.1. The quantitative estimate of drug-likeness (QED) is 0.644. The van der Waals surface area contributed by atoms with Gasteiger partial charge in [0.25, 0.3) is 5.56 Å². The Morgan fingerprint density at radius 1 is 1.67 bits per heavy atom. The molecule has 2 atom stereocenters. The highest BCUT2D eigenvalue weighted by Gasteiger charge is 2.28. The molecule has 2 aromatic heterocycles. The molecule has 0 aromatic carbocycles. The summed E-state index contributed by atoms with van der Waals surface area (Å²) in [5, 5.41) is 9.09. The van der Waals surface area contributed by atoms with E-state index in [4.69, 9.17) is 15.6 Å². The topological polar surface area (TPSA) is 119 Å². The van der Waals surface area contributed by atoms with Crippen molar-refractivity contribution in [3.05, 3.63) is 16.7 Å². The zero-order valence-electron chi connectivity index (χ0n) is 9.54. The molecule has 3 rings (SSSR count). The van der Waals surface area contributed by atoms with Crippen LogP contribution in [0.2, 0.25) is 0 Å². The number of imidazole rings is 1. The smallest absolute Gasteiger partial charge is 0.280 e. The fraction of sp³-hybridized carbons (Fsp3) is 0.500. The van der Waals surface area contributed by atoms with E-state index in [0.29, 0.717) is 18.7 Å². The molecule has 2 aromatic rings. The van der Waals surface area contributed by atoms with Gasteiger partial charge in [-0.25, -0.2) is 4.98 Å². The van der Waals surface area contributed by atoms with Crippen LogP contribution in [-0.4, -0.2) is 37.8 Å². The largest absolute Gasteiger partial charge is 0.396 e. The average molecular weight is 251 g/mol. The minimum absolute atomic E-state index is 0.0472. The van der Waals surface area contributed by atoms with Gasteiger partial charge in [-0.3, -0.25) is 14.3 Å². The Labute approximate surface area is 101 Å². The van der Waals surface area contributed by atoms with Gasteiger partial charge in [0.1, 0.15) is 6.23 Å². The van der Waals surface area contributed by atoms with Crippen molar-refractivity contribution in [2.24, 2.45) is 5.92 Å². The Kier molecular flexibility index (Phi) is 2.53. The van der Waals surface area contributed by atoms with E-state index in [1.807, 2.05) is 0 Å². The average Bonchev–Trinajstić information content (AvgIpc) is 2.93. The molecule has 0 radical (unpaired) electrons. The number of nitrogen functional groups attached to an aromatic ring is 1. The molecule has 18 heavy (non-hydrogen) atoms. The van der Waals surface area contributed by atoms with Crippen LogP contribution in [0.3, 0.4) is 0 Å². The van der Waals surface area contributed by atoms with E-state index in [0.717, 1.165) is 0 Å². The molecule has 8 heteroatoms. The first kappa shape index (κ1) is 11.2. The van der Waals surface area contributed by atoms with Gasteiger partial charge in [-0.2, -0.15) is 4.98 Å². The summed E-state index contributed by atoms with van der Waals surface area (Å²) >= 11 is 0. The third-order valence-electron chi connectivity index (χ3n) is 3.08. The van der Waals surface area contributed by atoms with E-state index in [-0.39, 0.29) is 35.8 Å². The molecule has 8 nitrogen and oxygen atoms in total. The maximum absolute atomic E-state index is 11.6. The van der Waals surface area contributed by atoms with Crippen molar-refractivity contribution in [1.82, 2.24) is 19.5 Å². The van der Waals surface area contributed by atoms with Crippen molar-refractivity contribution in [3.63, 3.8) is 0 Å². The number of rotatable bonds is 2. The molecule has 0 bridgehead atoms. The van der Waals surface area contributed by atoms with Crippen LogP contribution in [0.5, 0.6) is 0 Å². The summed E-state index contributed by atoms with van der Waals surface area (Å²) in [5.41, 5.74) is 5.79. The van der Waals surface area contributed by atoms with Gasteiger partial charge in [0.2, 0.25) is 5.95 Å². The summed E-state index contributed by atoms with van der Waals surface area (Å²) in [6.07, 6.45) is 1.91. The van der Waals surface area contributed by atoms with Crippen LogP contribution in [-0.2, 0) is 4.74 Å². The minimum atomic E-state index is -0.368. The maximum atomic E-state index is 11.6. The van der Waals surface area contributed by atoms with Gasteiger partial charge in [-0.05, 0) is 6.42 Å². The van der Waals surface area contributed by atoms with E-state index in [1.54, 1.807) is 4.57 Å². The minimum Gasteiger partial charge on any atom is -0.396 e. The van der Waals surface area contributed by atoms with Crippen LogP contribution < -0.4 is 11.3 Å². The molecule has 96 valence electrons. The number of nitrogens with zero attached hydrogens (tertiary/aromatic N) is 3. The van der Waals surface area contributed by atoms with Crippen molar-refractivity contribution >= 4 is 17.1 Å². The second kappa shape index (κ2) is 4.07. The van der Waals surface area contributed by atoms with E-state index in [9.17, 15) is 4.79 Å². The molecular weight excluding hydrogens is 238 g/mol. The van der Waals surface area contributed by atoms with Crippen molar-refractivity contribution in [1.29, 1.82) is 0 Å². The first-order chi connectivity index (χ1) is 8.69. The van der Waals surface area contributed by atoms with E-state index < -0.39 is 0 Å². The number of aromatic nitrogens is 4. The van der Waals surface area contributed by atoms with Crippen molar-refractivity contribution < 1.29 is 9.84 Å². The first-order valence-electron chi connectivity index (χ1n) is 5.64. The van der Waals surface area contributed by atoms with Gasteiger partial charge in [0, 0.05) is 12.5 Å². The summed E-state index contributed by atoms with van der Waals surface area (Å²) in [6, 6.07) is 0. The normalized spacial score (nSPS) is 23.8. The van der Waals surface area contributed by atoms with Crippen molar-refractivity contribution in [3.8, 4) is 0 Å². The molecule has 1 saturated heterocycles. The van der Waals surface area contributed by atoms with Gasteiger partial charge < -0.3 is 15.6 Å². The molecule has 0 saturated carbocycles. The van der Waals surface area contributed by atoms with Crippen LogP contribution >= 0.6 is 0 Å². The van der Waals surface area contributed by atoms with Crippen LogP contribution in [0.25, 0.3) is 11.2 Å². The molecule has 1 aliphatic heterocycles. The van der Waals surface area contributed by atoms with Gasteiger partial charge in [-0.15, -0.1) is 0 Å². The molecule has 4 N–H and O–H groups in total. The number of aliphatic hydroxyl groups is 1. The Morgan fingerprint density at radius 2 is 2.50 bits per heavy atom. The standard InChI is InChI=1S/C10H13N5O3/c11-10-13-8-7(9(17)14-10)12-4-15(8)6-1-5(2-16)3-18-6/h4-6,16H,1-3H2,(H3,11,13,14,17)/t5-,6+/m0/s1. The number of aliphatic hydroxyl groups excluding tert-OH is 1. The lowest BCUT2D eigenvalue weighted by Crippen LogP contribution is -2.14.